The molecule has 144 valence electrons. The van der Waals surface area contributed by atoms with Crippen molar-refractivity contribution in [1.82, 2.24) is 4.57 Å². The second-order valence-electron chi connectivity index (χ2n) is 6.88. The van der Waals surface area contributed by atoms with Crippen LogP contribution in [-0.2, 0) is 14.8 Å². The van der Waals surface area contributed by atoms with E-state index in [1.165, 1.54) is 12.1 Å². The van der Waals surface area contributed by atoms with Gasteiger partial charge in [0.2, 0.25) is 10.0 Å². The van der Waals surface area contributed by atoms with Gasteiger partial charge in [0.05, 0.1) is 35.7 Å². The molecule has 1 aliphatic heterocycles. The average Bonchev–Trinajstić information content (AvgIpc) is 3.27. The molecule has 0 spiro atoms. The molecule has 28 heavy (non-hydrogen) atoms. The normalized spacial score (nSPS) is 17.0. The van der Waals surface area contributed by atoms with E-state index in [1.54, 1.807) is 18.2 Å². The fraction of sp³-hybridized carbons (Fsp3) is 0.250. The zero-order chi connectivity index (χ0) is 19.9. The van der Waals surface area contributed by atoms with Crippen LogP contribution in [0.5, 0.6) is 0 Å². The van der Waals surface area contributed by atoms with E-state index in [0.29, 0.717) is 24.5 Å². The van der Waals surface area contributed by atoms with Gasteiger partial charge in [0.25, 0.3) is 0 Å². The van der Waals surface area contributed by atoms with Gasteiger partial charge < -0.3 is 9.30 Å². The summed E-state index contributed by atoms with van der Waals surface area (Å²) in [5, 5.41) is 9.83. The summed E-state index contributed by atoms with van der Waals surface area (Å²) in [5.41, 5.74) is 2.77. The second-order valence-corrected chi connectivity index (χ2v) is 8.63. The van der Waals surface area contributed by atoms with Gasteiger partial charge in [0, 0.05) is 23.8 Å². The van der Waals surface area contributed by atoms with Gasteiger partial charge in [-0.3, -0.25) is 4.72 Å². The summed E-state index contributed by atoms with van der Waals surface area (Å²) in [4.78, 5) is 0. The lowest BCUT2D eigenvalue weighted by Crippen LogP contribution is -2.10. The summed E-state index contributed by atoms with van der Waals surface area (Å²) in [6.07, 6.45) is 3.88. The highest BCUT2D eigenvalue weighted by Gasteiger charge is 2.22. The molecular formula is C20H18FN3O3S. The zero-order valence-corrected chi connectivity index (χ0v) is 16.0. The number of sulfonamides is 1. The molecule has 2 heterocycles. The number of anilines is 1. The number of hydrogen-bond donors (Lipinski definition) is 1. The molecule has 0 unspecified atom stereocenters. The van der Waals surface area contributed by atoms with Crippen molar-refractivity contribution in [2.75, 3.05) is 24.2 Å². The van der Waals surface area contributed by atoms with Crippen LogP contribution in [-0.4, -0.2) is 32.5 Å². The molecule has 3 aromatic rings. The maximum atomic E-state index is 14.2. The van der Waals surface area contributed by atoms with Crippen molar-refractivity contribution >= 4 is 26.6 Å². The lowest BCUT2D eigenvalue weighted by molar-refractivity contribution is 0.187. The summed E-state index contributed by atoms with van der Waals surface area (Å²) in [6.45, 7) is 1.22. The Morgan fingerprint density at radius 1 is 1.29 bits per heavy atom. The second kappa shape index (κ2) is 6.93. The first kappa shape index (κ1) is 18.5. The Hall–Kier alpha value is -2.89. The van der Waals surface area contributed by atoms with Crippen LogP contribution in [0, 0.1) is 17.1 Å². The Morgan fingerprint density at radius 2 is 2.11 bits per heavy atom. The summed E-state index contributed by atoms with van der Waals surface area (Å²) < 4.78 is 47.4. The van der Waals surface area contributed by atoms with Crippen molar-refractivity contribution in [2.24, 2.45) is 0 Å². The maximum Gasteiger partial charge on any atom is 0.229 e. The zero-order valence-electron chi connectivity index (χ0n) is 15.1. The van der Waals surface area contributed by atoms with Crippen molar-refractivity contribution in [2.45, 2.75) is 12.5 Å². The molecule has 0 radical (unpaired) electrons. The highest BCUT2D eigenvalue weighted by molar-refractivity contribution is 7.92. The largest absolute Gasteiger partial charge is 0.379 e. The van der Waals surface area contributed by atoms with Gasteiger partial charge in [-0.15, -0.1) is 0 Å². The smallest absolute Gasteiger partial charge is 0.229 e. The van der Waals surface area contributed by atoms with Crippen LogP contribution >= 0.6 is 0 Å². The number of benzene rings is 2. The Balaban J connectivity index is 1.89. The van der Waals surface area contributed by atoms with Crippen LogP contribution in [0.15, 0.2) is 42.6 Å². The van der Waals surface area contributed by atoms with Crippen LogP contribution in [0.4, 0.5) is 10.1 Å². The monoisotopic (exact) mass is 399 g/mol. The highest BCUT2D eigenvalue weighted by Crippen LogP contribution is 2.36. The first-order valence-corrected chi connectivity index (χ1v) is 10.6. The van der Waals surface area contributed by atoms with Crippen molar-refractivity contribution in [3.8, 4) is 17.2 Å². The van der Waals surface area contributed by atoms with Crippen LogP contribution in [0.25, 0.3) is 22.0 Å². The number of fused-ring (bicyclic) bond motifs is 1. The third kappa shape index (κ3) is 3.46. The lowest BCUT2D eigenvalue weighted by atomic mass is 10.0. The number of aromatic nitrogens is 1. The van der Waals surface area contributed by atoms with Gasteiger partial charge in [-0.2, -0.15) is 5.26 Å². The standard InChI is InChI=1S/C20H18FN3O3S/c1-28(25,26)23-15-4-5-17-18(13-2-3-14(10-22)19(21)8-13)11-24(20(17)9-15)16-6-7-27-12-16/h2-5,8-9,11,16,23H,6-7,12H2,1H3/t16-/m1/s1. The number of hydrogen-bond acceptors (Lipinski definition) is 4. The van der Waals surface area contributed by atoms with E-state index in [-0.39, 0.29) is 11.6 Å². The Labute approximate surface area is 162 Å². The van der Waals surface area contributed by atoms with Crippen molar-refractivity contribution in [1.29, 1.82) is 5.26 Å². The van der Waals surface area contributed by atoms with Crippen LogP contribution in [0.2, 0.25) is 0 Å². The third-order valence-corrected chi connectivity index (χ3v) is 5.44. The Morgan fingerprint density at radius 3 is 2.75 bits per heavy atom. The first-order valence-electron chi connectivity index (χ1n) is 8.76. The molecule has 6 nitrogen and oxygen atoms in total. The molecular weight excluding hydrogens is 381 g/mol. The minimum absolute atomic E-state index is 0.00341. The number of rotatable bonds is 4. The number of nitriles is 1. The molecule has 1 atom stereocenters. The number of nitrogens with zero attached hydrogens (tertiary/aromatic N) is 2. The first-order chi connectivity index (χ1) is 13.4. The van der Waals surface area contributed by atoms with Gasteiger partial charge in [-0.1, -0.05) is 12.1 Å². The number of nitrogens with one attached hydrogen (secondary N) is 1. The van der Waals surface area contributed by atoms with Crippen LogP contribution in [0.1, 0.15) is 18.0 Å². The average molecular weight is 399 g/mol. The highest BCUT2D eigenvalue weighted by atomic mass is 32.2. The van der Waals surface area contributed by atoms with E-state index in [9.17, 15) is 12.8 Å². The molecule has 0 bridgehead atoms. The Bertz CT molecular complexity index is 1210. The third-order valence-electron chi connectivity index (χ3n) is 4.84. The van der Waals surface area contributed by atoms with Gasteiger partial charge in [-0.25, -0.2) is 12.8 Å². The predicted octanol–water partition coefficient (Wildman–Crippen LogP) is 3.65. The molecule has 2 aromatic carbocycles. The minimum Gasteiger partial charge on any atom is -0.379 e. The summed E-state index contributed by atoms with van der Waals surface area (Å²) in [6, 6.07) is 11.8. The molecule has 0 aliphatic carbocycles. The molecule has 1 fully saturated rings. The fourth-order valence-corrected chi connectivity index (χ4v) is 4.13. The van der Waals surface area contributed by atoms with Crippen molar-refractivity contribution < 1.29 is 17.5 Å². The molecule has 8 heteroatoms. The van der Waals surface area contributed by atoms with E-state index in [0.717, 1.165) is 29.1 Å². The van der Waals surface area contributed by atoms with Gasteiger partial charge in [0.1, 0.15) is 11.9 Å². The summed E-state index contributed by atoms with van der Waals surface area (Å²) in [7, 11) is -3.40. The fourth-order valence-electron chi connectivity index (χ4n) is 3.58. The minimum atomic E-state index is -3.40. The Kier molecular flexibility index (Phi) is 4.57. The molecule has 1 aromatic heterocycles. The van der Waals surface area contributed by atoms with E-state index in [2.05, 4.69) is 9.29 Å². The van der Waals surface area contributed by atoms with Gasteiger partial charge in [-0.05, 0) is 36.2 Å². The summed E-state index contributed by atoms with van der Waals surface area (Å²) >= 11 is 0. The predicted molar refractivity (Wildman–Crippen MR) is 105 cm³/mol. The maximum absolute atomic E-state index is 14.2. The van der Waals surface area contributed by atoms with Crippen LogP contribution in [0.3, 0.4) is 0 Å². The number of ether oxygens (including phenoxy) is 1. The van der Waals surface area contributed by atoms with Crippen molar-refractivity contribution in [3.05, 3.63) is 54.0 Å². The van der Waals surface area contributed by atoms with Gasteiger partial charge in [0.15, 0.2) is 0 Å². The van der Waals surface area contributed by atoms with Crippen LogP contribution < -0.4 is 4.72 Å². The molecule has 1 aliphatic rings. The van der Waals surface area contributed by atoms with E-state index in [1.807, 2.05) is 18.3 Å². The van der Waals surface area contributed by atoms with E-state index >= 15 is 0 Å². The lowest BCUT2D eigenvalue weighted by Gasteiger charge is -2.12. The van der Waals surface area contributed by atoms with Gasteiger partial charge >= 0.3 is 0 Å². The quantitative estimate of drug-likeness (QED) is 0.726. The molecule has 0 saturated carbocycles. The molecule has 1 N–H and O–H groups in total. The number of halogens is 1. The SMILES string of the molecule is CS(=O)(=O)Nc1ccc2c(-c3ccc(C#N)c(F)c3)cn([C@@H]3CCOC3)c2c1. The van der Waals surface area contributed by atoms with E-state index in [4.69, 9.17) is 10.00 Å². The molecule has 4 rings (SSSR count). The summed E-state index contributed by atoms with van der Waals surface area (Å²) in [5.74, 6) is -0.569. The van der Waals surface area contributed by atoms with E-state index < -0.39 is 15.8 Å². The molecule has 0 amide bonds. The van der Waals surface area contributed by atoms with Crippen molar-refractivity contribution in [3.63, 3.8) is 0 Å². The molecule has 1 saturated heterocycles. The topological polar surface area (TPSA) is 84.1 Å².